The van der Waals surface area contributed by atoms with Crippen LogP contribution in [0.15, 0.2) is 48.2 Å². The van der Waals surface area contributed by atoms with Crippen LogP contribution in [0.4, 0.5) is 0 Å². The number of Topliss-reactive ketones (excluding diaryl/α,β-unsaturated/α-hetero) is 1. The van der Waals surface area contributed by atoms with Gasteiger partial charge in [0.25, 0.3) is 0 Å². The van der Waals surface area contributed by atoms with E-state index in [-0.39, 0.29) is 5.78 Å². The molecule has 0 aromatic carbocycles. The highest BCUT2D eigenvalue weighted by Crippen LogP contribution is 2.11. The zero-order valence-electron chi connectivity index (χ0n) is 7.19. The molecule has 72 valence electrons. The Morgan fingerprint density at radius 1 is 1.00 bits per heavy atom. The number of ketones is 1. The number of allylic oxidation sites excluding steroid dienone is 4. The Hall–Kier alpha value is -2.17. The van der Waals surface area contributed by atoms with Crippen LogP contribution < -0.4 is 11.0 Å². The number of carbonyl (C=O) groups excluding carboxylic acids is 1. The summed E-state index contributed by atoms with van der Waals surface area (Å²) in [5, 5.41) is 0. The average molecular weight is 192 g/mol. The molecule has 14 heavy (non-hydrogen) atoms. The van der Waals surface area contributed by atoms with E-state index in [2.05, 4.69) is 11.0 Å². The van der Waals surface area contributed by atoms with Crippen LogP contribution in [0.25, 0.3) is 0 Å². The first kappa shape index (κ1) is 8.43. The summed E-state index contributed by atoms with van der Waals surface area (Å²) >= 11 is 0. The maximum absolute atomic E-state index is 11.7. The molecule has 0 amide bonds. The molecule has 5 nitrogen and oxygen atoms in total. The molecule has 0 aromatic heterocycles. The number of rotatable bonds is 2. The van der Waals surface area contributed by atoms with Gasteiger partial charge in [-0.3, -0.25) is 4.79 Å². The molecule has 0 spiro atoms. The summed E-state index contributed by atoms with van der Waals surface area (Å²) in [5.41, 5.74) is 6.01. The molecule has 0 radical (unpaired) electrons. The number of carbonyl (C=O) groups is 1. The number of hydrogen-bond acceptors (Lipinski definition) is 5. The Balaban J connectivity index is 2.15. The first-order valence-electron chi connectivity index (χ1n) is 3.98. The van der Waals surface area contributed by atoms with Gasteiger partial charge in [-0.25, -0.2) is 11.0 Å². The maximum Gasteiger partial charge on any atom is 0.196 e. The first-order chi connectivity index (χ1) is 6.88. The molecule has 0 unspecified atom stereocenters. The van der Waals surface area contributed by atoms with Crippen molar-refractivity contribution in [3.05, 3.63) is 48.2 Å². The Morgan fingerprint density at radius 3 is 1.86 bits per heavy atom. The third kappa shape index (κ3) is 1.61. The molecule has 0 bridgehead atoms. The zero-order valence-corrected chi connectivity index (χ0v) is 7.19. The van der Waals surface area contributed by atoms with Crippen molar-refractivity contribution in [3.8, 4) is 0 Å². The van der Waals surface area contributed by atoms with Gasteiger partial charge in [0.2, 0.25) is 0 Å². The molecule has 2 aliphatic heterocycles. The zero-order chi connectivity index (χ0) is 9.80. The van der Waals surface area contributed by atoms with E-state index in [4.69, 9.17) is 9.68 Å². The van der Waals surface area contributed by atoms with Gasteiger partial charge < -0.3 is 9.68 Å². The highest BCUT2D eigenvalue weighted by molar-refractivity contribution is 6.11. The van der Waals surface area contributed by atoms with Gasteiger partial charge in [0.1, 0.15) is 12.5 Å². The molecule has 0 saturated heterocycles. The average Bonchev–Trinajstić information content (AvgIpc) is 2.30. The van der Waals surface area contributed by atoms with Crippen molar-refractivity contribution in [2.45, 2.75) is 0 Å². The molecule has 2 rings (SSSR count). The maximum atomic E-state index is 11.7. The van der Waals surface area contributed by atoms with E-state index in [0.717, 1.165) is 0 Å². The molecule has 0 saturated carbocycles. The summed E-state index contributed by atoms with van der Waals surface area (Å²) in [6, 6.07) is 0. The third-order valence-corrected chi connectivity index (χ3v) is 1.72. The number of hydroxylamine groups is 2. The second-order valence-corrected chi connectivity index (χ2v) is 2.61. The lowest BCUT2D eigenvalue weighted by atomic mass is 10.0. The van der Waals surface area contributed by atoms with Crippen molar-refractivity contribution < 1.29 is 14.5 Å². The summed E-state index contributed by atoms with van der Waals surface area (Å²) in [6.07, 6.45) is 8.97. The van der Waals surface area contributed by atoms with Crippen LogP contribution >= 0.6 is 0 Å². The lowest BCUT2D eigenvalue weighted by Crippen LogP contribution is -2.16. The lowest BCUT2D eigenvalue weighted by Gasteiger charge is -2.11. The number of hydrogen-bond donors (Lipinski definition) is 2. The molecule has 0 aromatic rings. The van der Waals surface area contributed by atoms with Crippen molar-refractivity contribution in [1.82, 2.24) is 11.0 Å². The first-order valence-corrected chi connectivity index (χ1v) is 3.98. The Labute approximate surface area is 80.3 Å². The van der Waals surface area contributed by atoms with Crippen LogP contribution in [-0.4, -0.2) is 5.78 Å². The Bertz CT molecular complexity index is 332. The van der Waals surface area contributed by atoms with Crippen LogP contribution in [0, 0.1) is 0 Å². The summed E-state index contributed by atoms with van der Waals surface area (Å²) in [5.74, 6) is -0.107. The van der Waals surface area contributed by atoms with Crippen LogP contribution in [0.2, 0.25) is 0 Å². The van der Waals surface area contributed by atoms with Gasteiger partial charge in [-0.05, 0) is 12.2 Å². The van der Waals surface area contributed by atoms with Crippen LogP contribution in [0.1, 0.15) is 0 Å². The summed E-state index contributed by atoms with van der Waals surface area (Å²) < 4.78 is 0. The van der Waals surface area contributed by atoms with Gasteiger partial charge in [-0.1, -0.05) is 0 Å². The highest BCUT2D eigenvalue weighted by Gasteiger charge is 2.14. The molecular formula is C9H8N2O3. The van der Waals surface area contributed by atoms with E-state index < -0.39 is 0 Å². The Kier molecular flexibility index (Phi) is 2.22. The van der Waals surface area contributed by atoms with Gasteiger partial charge in [0, 0.05) is 23.5 Å². The van der Waals surface area contributed by atoms with E-state index >= 15 is 0 Å². The van der Waals surface area contributed by atoms with E-state index in [1.807, 2.05) is 0 Å². The van der Waals surface area contributed by atoms with Crippen LogP contribution in [-0.2, 0) is 14.5 Å². The summed E-state index contributed by atoms with van der Waals surface area (Å²) in [4.78, 5) is 21.1. The standard InChI is InChI=1S/C9H8N2O3/c12-9(7-1-3-13-10-5-7)8-2-4-14-11-6-8/h1-6,10-11H. The second kappa shape index (κ2) is 3.69. The van der Waals surface area contributed by atoms with Crippen LogP contribution in [0.5, 0.6) is 0 Å². The van der Waals surface area contributed by atoms with E-state index in [1.165, 1.54) is 24.9 Å². The minimum atomic E-state index is -0.107. The lowest BCUT2D eigenvalue weighted by molar-refractivity contribution is -0.112. The summed E-state index contributed by atoms with van der Waals surface area (Å²) in [6.45, 7) is 0. The topological polar surface area (TPSA) is 59.6 Å². The molecule has 5 heteroatoms. The van der Waals surface area contributed by atoms with Crippen molar-refractivity contribution in [3.63, 3.8) is 0 Å². The van der Waals surface area contributed by atoms with Gasteiger partial charge in [-0.15, -0.1) is 0 Å². The highest BCUT2D eigenvalue weighted by atomic mass is 16.6. The molecule has 2 aliphatic rings. The molecule has 0 aliphatic carbocycles. The minimum Gasteiger partial charge on any atom is -0.391 e. The van der Waals surface area contributed by atoms with Crippen molar-refractivity contribution >= 4 is 5.78 Å². The van der Waals surface area contributed by atoms with Crippen molar-refractivity contribution in [2.75, 3.05) is 0 Å². The molecule has 2 heterocycles. The fraction of sp³-hybridized carbons (Fsp3) is 0. The van der Waals surface area contributed by atoms with E-state index in [9.17, 15) is 4.79 Å². The molecule has 0 fully saturated rings. The Morgan fingerprint density at radius 2 is 1.50 bits per heavy atom. The smallest absolute Gasteiger partial charge is 0.196 e. The SMILES string of the molecule is O=C(C1=CNOC=C1)C1=CNOC=C1. The summed E-state index contributed by atoms with van der Waals surface area (Å²) in [7, 11) is 0. The minimum absolute atomic E-state index is 0.107. The quantitative estimate of drug-likeness (QED) is 0.664. The van der Waals surface area contributed by atoms with E-state index in [0.29, 0.717) is 11.1 Å². The predicted octanol–water partition coefficient (Wildman–Crippen LogP) is 0.420. The third-order valence-electron chi connectivity index (χ3n) is 1.72. The van der Waals surface area contributed by atoms with Gasteiger partial charge in [-0.2, -0.15) is 0 Å². The fourth-order valence-corrected chi connectivity index (χ4v) is 1.03. The molecule has 0 atom stereocenters. The van der Waals surface area contributed by atoms with Crippen molar-refractivity contribution in [2.24, 2.45) is 0 Å². The van der Waals surface area contributed by atoms with Gasteiger partial charge in [0.15, 0.2) is 5.78 Å². The molecular weight excluding hydrogens is 184 g/mol. The number of nitrogens with one attached hydrogen (secondary N) is 2. The molecule has 2 N–H and O–H groups in total. The normalized spacial score (nSPS) is 18.0. The second-order valence-electron chi connectivity index (χ2n) is 2.61. The predicted molar refractivity (Wildman–Crippen MR) is 47.9 cm³/mol. The van der Waals surface area contributed by atoms with E-state index in [1.54, 1.807) is 12.2 Å². The largest absolute Gasteiger partial charge is 0.391 e. The fourth-order valence-electron chi connectivity index (χ4n) is 1.03. The monoisotopic (exact) mass is 192 g/mol. The van der Waals surface area contributed by atoms with Gasteiger partial charge >= 0.3 is 0 Å². The van der Waals surface area contributed by atoms with Crippen molar-refractivity contribution in [1.29, 1.82) is 0 Å². The van der Waals surface area contributed by atoms with Crippen LogP contribution in [0.3, 0.4) is 0 Å². The van der Waals surface area contributed by atoms with Gasteiger partial charge in [0.05, 0.1) is 0 Å².